The molecule has 25 heavy (non-hydrogen) atoms. The molecule has 0 aliphatic carbocycles. The molecule has 0 aromatic carbocycles. The van der Waals surface area contributed by atoms with Crippen LogP contribution in [-0.4, -0.2) is 73.5 Å². The first-order valence-electron chi connectivity index (χ1n) is 7.00. The van der Waals surface area contributed by atoms with Crippen molar-refractivity contribution in [1.29, 1.82) is 0 Å². The van der Waals surface area contributed by atoms with Gasteiger partial charge in [0.05, 0.1) is 12.8 Å². The van der Waals surface area contributed by atoms with Crippen molar-refractivity contribution in [2.75, 3.05) is 6.54 Å². The molecule has 0 unspecified atom stereocenters. The van der Waals surface area contributed by atoms with Crippen LogP contribution >= 0.6 is 0 Å². The van der Waals surface area contributed by atoms with E-state index < -0.39 is 48.4 Å². The van der Waals surface area contributed by atoms with Crippen molar-refractivity contribution in [1.82, 2.24) is 5.32 Å². The van der Waals surface area contributed by atoms with Crippen LogP contribution in [0.15, 0.2) is 0 Å². The summed E-state index contributed by atoms with van der Waals surface area (Å²) in [4.78, 5) is 51.5. The van der Waals surface area contributed by atoms with Crippen molar-refractivity contribution in [3.05, 3.63) is 0 Å². The number of hydrogen-bond acceptors (Lipinski definition) is 7. The van der Waals surface area contributed by atoms with Crippen molar-refractivity contribution >= 4 is 29.8 Å². The van der Waals surface area contributed by atoms with E-state index in [0.717, 1.165) is 0 Å². The van der Waals surface area contributed by atoms with Gasteiger partial charge in [-0.2, -0.15) is 0 Å². The van der Waals surface area contributed by atoms with Crippen LogP contribution in [0.4, 0.5) is 0 Å². The maximum atomic E-state index is 10.8. The lowest BCUT2D eigenvalue weighted by Crippen LogP contribution is -2.42. The molecule has 0 spiro atoms. The predicted molar refractivity (Wildman–Crippen MR) is 80.6 cm³/mol. The summed E-state index contributed by atoms with van der Waals surface area (Å²) in [7, 11) is 0. The van der Waals surface area contributed by atoms with Crippen molar-refractivity contribution in [2.24, 2.45) is 5.73 Å². The van der Waals surface area contributed by atoms with Gasteiger partial charge in [0, 0.05) is 13.0 Å². The van der Waals surface area contributed by atoms with Crippen molar-refractivity contribution in [2.45, 2.75) is 44.2 Å². The van der Waals surface area contributed by atoms with Gasteiger partial charge in [0.25, 0.3) is 0 Å². The Morgan fingerprint density at radius 2 is 1.44 bits per heavy atom. The van der Waals surface area contributed by atoms with Gasteiger partial charge in [0.15, 0.2) is 5.60 Å². The van der Waals surface area contributed by atoms with E-state index in [1.807, 2.05) is 0 Å². The third kappa shape index (κ3) is 12.4. The van der Waals surface area contributed by atoms with E-state index in [1.165, 1.54) is 0 Å². The summed E-state index contributed by atoms with van der Waals surface area (Å²) in [6.07, 6.45) is -1.94. The number of amides is 1. The number of rotatable bonds is 10. The summed E-state index contributed by atoms with van der Waals surface area (Å²) < 4.78 is 0. The summed E-state index contributed by atoms with van der Waals surface area (Å²) in [6.45, 7) is 2.36. The van der Waals surface area contributed by atoms with Gasteiger partial charge in [-0.1, -0.05) is 0 Å². The highest BCUT2D eigenvalue weighted by Crippen LogP contribution is 2.15. The smallest absolute Gasteiger partial charge is 0.336 e. The zero-order valence-electron chi connectivity index (χ0n) is 13.5. The van der Waals surface area contributed by atoms with E-state index in [4.69, 9.17) is 31.3 Å². The van der Waals surface area contributed by atoms with Crippen molar-refractivity contribution in [3.63, 3.8) is 0 Å². The van der Waals surface area contributed by atoms with Crippen LogP contribution in [0.1, 0.15) is 32.6 Å². The van der Waals surface area contributed by atoms with Crippen LogP contribution in [0.3, 0.4) is 0 Å². The molecular weight excluding hydrogens is 344 g/mol. The minimum absolute atomic E-state index is 0.158. The Kier molecular flexibility index (Phi) is 11.5. The molecule has 0 saturated heterocycles. The number of carboxylic acid groups (broad SMARTS) is 4. The fraction of sp³-hybridized carbons (Fsp3) is 0.615. The monoisotopic (exact) mass is 366 g/mol. The molecule has 8 N–H and O–H groups in total. The van der Waals surface area contributed by atoms with Gasteiger partial charge in [-0.15, -0.1) is 0 Å². The lowest BCUT2D eigenvalue weighted by Gasteiger charge is -2.18. The SMILES string of the molecule is CCNC(=O)CC[C@H](N)C(=O)O.O=C(O)CC(O)(CC(=O)O)C(=O)O. The summed E-state index contributed by atoms with van der Waals surface area (Å²) in [5.74, 6) is -6.25. The molecule has 0 aromatic rings. The standard InChI is InChI=1S/C7H14N2O3.C6H8O7/c1-2-9-6(10)4-3-5(8)7(11)12;7-3(8)1-6(13,5(11)12)2-4(9)10/h5H,2-4,8H2,1H3,(H,9,10)(H,11,12);13H,1-2H2,(H,7,8)(H,9,10)(H,11,12)/t5-;/m0./s1. The van der Waals surface area contributed by atoms with E-state index in [1.54, 1.807) is 6.92 Å². The molecule has 0 fully saturated rings. The molecule has 0 rings (SSSR count). The van der Waals surface area contributed by atoms with E-state index in [2.05, 4.69) is 5.32 Å². The second-order valence-corrected chi connectivity index (χ2v) is 4.91. The number of hydrogen-bond donors (Lipinski definition) is 7. The number of nitrogens with two attached hydrogens (primary N) is 1. The Morgan fingerprint density at radius 3 is 1.72 bits per heavy atom. The quantitative estimate of drug-likeness (QED) is 0.225. The van der Waals surface area contributed by atoms with Gasteiger partial charge in [0.1, 0.15) is 6.04 Å². The lowest BCUT2D eigenvalue weighted by molar-refractivity contribution is -0.170. The third-order valence-corrected chi connectivity index (χ3v) is 2.66. The van der Waals surface area contributed by atoms with Crippen molar-refractivity contribution in [3.8, 4) is 0 Å². The number of aliphatic hydroxyl groups is 1. The highest BCUT2D eigenvalue weighted by Gasteiger charge is 2.40. The predicted octanol–water partition coefficient (Wildman–Crippen LogP) is -1.93. The van der Waals surface area contributed by atoms with E-state index in [-0.39, 0.29) is 18.7 Å². The molecule has 0 aliphatic heterocycles. The minimum Gasteiger partial charge on any atom is -0.481 e. The summed E-state index contributed by atoms with van der Waals surface area (Å²) in [5, 5.41) is 44.7. The molecule has 1 amide bonds. The minimum atomic E-state index is -2.74. The van der Waals surface area contributed by atoms with Crippen LogP contribution in [0.5, 0.6) is 0 Å². The van der Waals surface area contributed by atoms with Gasteiger partial charge in [-0.3, -0.25) is 19.2 Å². The zero-order chi connectivity index (χ0) is 20.2. The Balaban J connectivity index is 0. The van der Waals surface area contributed by atoms with Crippen LogP contribution in [0.25, 0.3) is 0 Å². The topological polar surface area (TPSA) is 225 Å². The molecule has 0 aromatic heterocycles. The summed E-state index contributed by atoms with van der Waals surface area (Å²) >= 11 is 0. The molecule has 12 nitrogen and oxygen atoms in total. The molecule has 0 saturated carbocycles. The zero-order valence-corrected chi connectivity index (χ0v) is 13.5. The fourth-order valence-corrected chi connectivity index (χ4v) is 1.41. The van der Waals surface area contributed by atoms with Gasteiger partial charge >= 0.3 is 23.9 Å². The van der Waals surface area contributed by atoms with Crippen LogP contribution in [0.2, 0.25) is 0 Å². The lowest BCUT2D eigenvalue weighted by atomic mass is 9.96. The number of carbonyl (C=O) groups excluding carboxylic acids is 1. The molecular formula is C13H22N2O10. The van der Waals surface area contributed by atoms with Crippen molar-refractivity contribution < 1.29 is 49.5 Å². The number of carboxylic acids is 4. The first-order valence-corrected chi connectivity index (χ1v) is 7.00. The highest BCUT2D eigenvalue weighted by molar-refractivity contribution is 5.88. The van der Waals surface area contributed by atoms with Gasteiger partial charge in [0.2, 0.25) is 5.91 Å². The Bertz CT molecular complexity index is 489. The first kappa shape index (κ1) is 24.5. The Morgan fingerprint density at radius 1 is 1.00 bits per heavy atom. The fourth-order valence-electron chi connectivity index (χ4n) is 1.41. The molecule has 0 heterocycles. The van der Waals surface area contributed by atoms with Crippen LogP contribution in [0, 0.1) is 0 Å². The van der Waals surface area contributed by atoms with Crippen LogP contribution in [-0.2, 0) is 24.0 Å². The molecule has 0 aliphatic rings. The van der Waals surface area contributed by atoms with Crippen LogP contribution < -0.4 is 11.1 Å². The number of carbonyl (C=O) groups is 5. The normalized spacial score (nSPS) is 11.5. The molecule has 144 valence electrons. The average Bonchev–Trinajstić information content (AvgIpc) is 2.43. The molecule has 1 atom stereocenters. The van der Waals surface area contributed by atoms with E-state index >= 15 is 0 Å². The maximum absolute atomic E-state index is 10.8. The summed E-state index contributed by atoms with van der Waals surface area (Å²) in [5.41, 5.74) is 2.44. The number of aliphatic carboxylic acids is 4. The van der Waals surface area contributed by atoms with Gasteiger partial charge in [-0.05, 0) is 13.3 Å². The largest absolute Gasteiger partial charge is 0.481 e. The average molecular weight is 366 g/mol. The third-order valence-electron chi connectivity index (χ3n) is 2.66. The molecule has 0 radical (unpaired) electrons. The second kappa shape index (κ2) is 11.8. The number of nitrogens with one attached hydrogen (secondary N) is 1. The maximum Gasteiger partial charge on any atom is 0.336 e. The first-order chi connectivity index (χ1) is 11.4. The molecule has 0 bridgehead atoms. The molecule has 12 heteroatoms. The Hall–Kier alpha value is -2.73. The van der Waals surface area contributed by atoms with Gasteiger partial charge < -0.3 is 36.6 Å². The highest BCUT2D eigenvalue weighted by atomic mass is 16.4. The van der Waals surface area contributed by atoms with E-state index in [0.29, 0.717) is 6.54 Å². The summed E-state index contributed by atoms with van der Waals surface area (Å²) in [6, 6.07) is -0.937. The Labute approximate surface area is 142 Å². The second-order valence-electron chi connectivity index (χ2n) is 4.91. The van der Waals surface area contributed by atoms with E-state index in [9.17, 15) is 24.0 Å². The van der Waals surface area contributed by atoms with Gasteiger partial charge in [-0.25, -0.2) is 4.79 Å².